The molecule has 0 bridgehead atoms. The van der Waals surface area contributed by atoms with E-state index in [0.717, 1.165) is 56.3 Å². The zero-order chi connectivity index (χ0) is 21.3. The highest BCUT2D eigenvalue weighted by Gasteiger charge is 2.31. The fraction of sp³-hybridized carbons (Fsp3) is 0.429. The molecule has 1 aliphatic heterocycles. The van der Waals surface area contributed by atoms with Gasteiger partial charge in [0.2, 0.25) is 0 Å². The van der Waals surface area contributed by atoms with Crippen molar-refractivity contribution in [2.45, 2.75) is 30.2 Å². The lowest BCUT2D eigenvalue weighted by Crippen LogP contribution is -2.46. The molecule has 1 N–H and O–H groups in total. The molecule has 2 aromatic rings. The second-order valence-corrected chi connectivity index (χ2v) is 9.56. The molecule has 9 heteroatoms. The third kappa shape index (κ3) is 4.27. The number of sulfonamides is 1. The SMILES string of the molecule is COc1ccc(S(=O)(=O)Nc2ccc(F)c(Cl)c2)c2c1CC(N1CCOCC1)CC2. The molecule has 1 atom stereocenters. The molecule has 0 aromatic heterocycles. The molecule has 4 rings (SSSR count). The second kappa shape index (κ2) is 8.70. The number of nitrogens with one attached hydrogen (secondary N) is 1. The van der Waals surface area contributed by atoms with Gasteiger partial charge in [-0.15, -0.1) is 0 Å². The Morgan fingerprint density at radius 2 is 1.97 bits per heavy atom. The van der Waals surface area contributed by atoms with Crippen molar-refractivity contribution in [1.82, 2.24) is 4.90 Å². The fourth-order valence-electron chi connectivity index (χ4n) is 4.26. The van der Waals surface area contributed by atoms with Gasteiger partial charge in [-0.05, 0) is 55.2 Å². The Balaban J connectivity index is 1.65. The van der Waals surface area contributed by atoms with E-state index in [4.69, 9.17) is 21.1 Å². The molecule has 0 radical (unpaired) electrons. The van der Waals surface area contributed by atoms with Crippen LogP contribution in [0.1, 0.15) is 17.5 Å². The van der Waals surface area contributed by atoms with Crippen LogP contribution in [0.5, 0.6) is 5.75 Å². The molecule has 6 nitrogen and oxygen atoms in total. The van der Waals surface area contributed by atoms with Crippen LogP contribution in [0.25, 0.3) is 0 Å². The van der Waals surface area contributed by atoms with Crippen LogP contribution in [0.15, 0.2) is 35.2 Å². The molecule has 30 heavy (non-hydrogen) atoms. The number of anilines is 1. The third-order valence-electron chi connectivity index (χ3n) is 5.76. The van der Waals surface area contributed by atoms with Gasteiger partial charge in [0.05, 0.1) is 35.9 Å². The molecular formula is C21H24ClFN2O4S. The van der Waals surface area contributed by atoms with Crippen LogP contribution in [0.2, 0.25) is 5.02 Å². The Kier molecular flexibility index (Phi) is 6.20. The molecule has 0 amide bonds. The van der Waals surface area contributed by atoms with Crippen molar-refractivity contribution in [2.24, 2.45) is 0 Å². The summed E-state index contributed by atoms with van der Waals surface area (Å²) in [4.78, 5) is 2.63. The van der Waals surface area contributed by atoms with Gasteiger partial charge in [-0.1, -0.05) is 11.6 Å². The van der Waals surface area contributed by atoms with Crippen LogP contribution >= 0.6 is 11.6 Å². The predicted molar refractivity (Wildman–Crippen MR) is 113 cm³/mol. The van der Waals surface area contributed by atoms with E-state index in [1.807, 2.05) is 0 Å². The quantitative estimate of drug-likeness (QED) is 0.749. The smallest absolute Gasteiger partial charge is 0.262 e. The van der Waals surface area contributed by atoms with Gasteiger partial charge < -0.3 is 9.47 Å². The number of methoxy groups -OCH3 is 1. The van der Waals surface area contributed by atoms with Crippen molar-refractivity contribution < 1.29 is 22.3 Å². The Morgan fingerprint density at radius 1 is 1.20 bits per heavy atom. The van der Waals surface area contributed by atoms with Crippen molar-refractivity contribution in [3.8, 4) is 5.75 Å². The normalized spacial score (nSPS) is 19.9. The zero-order valence-electron chi connectivity index (χ0n) is 16.7. The molecule has 162 valence electrons. The predicted octanol–water partition coefficient (Wildman–Crippen LogP) is 3.48. The molecule has 1 fully saturated rings. The number of halogens is 2. The minimum absolute atomic E-state index is 0.139. The van der Waals surface area contributed by atoms with Gasteiger partial charge in [-0.3, -0.25) is 9.62 Å². The van der Waals surface area contributed by atoms with E-state index in [2.05, 4.69) is 9.62 Å². The maximum atomic E-state index is 13.4. The van der Waals surface area contributed by atoms with Crippen molar-refractivity contribution >= 4 is 27.3 Å². The fourth-order valence-corrected chi connectivity index (χ4v) is 5.79. The molecule has 0 spiro atoms. The number of hydrogen-bond acceptors (Lipinski definition) is 5. The Morgan fingerprint density at radius 3 is 2.67 bits per heavy atom. The first kappa shape index (κ1) is 21.4. The lowest BCUT2D eigenvalue weighted by atomic mass is 9.86. The minimum atomic E-state index is -3.87. The molecule has 1 heterocycles. The summed E-state index contributed by atoms with van der Waals surface area (Å²) in [6, 6.07) is 7.35. The summed E-state index contributed by atoms with van der Waals surface area (Å²) >= 11 is 5.79. The standard InChI is InChI=1S/C21H24ClFN2O4S/c1-28-20-6-7-21(30(26,27)24-14-2-5-19(23)18(22)12-14)16-4-3-15(13-17(16)20)25-8-10-29-11-9-25/h2,5-7,12,15,24H,3-4,8-11,13H2,1H3. The van der Waals surface area contributed by atoms with Crippen molar-refractivity contribution in [3.63, 3.8) is 0 Å². The largest absolute Gasteiger partial charge is 0.496 e. The molecule has 2 aromatic carbocycles. The van der Waals surface area contributed by atoms with Crippen LogP contribution in [0.3, 0.4) is 0 Å². The maximum Gasteiger partial charge on any atom is 0.262 e. The van der Waals surface area contributed by atoms with Crippen LogP contribution in [0.4, 0.5) is 10.1 Å². The molecule has 0 saturated carbocycles. The van der Waals surface area contributed by atoms with Crippen LogP contribution in [0, 0.1) is 5.82 Å². The lowest BCUT2D eigenvalue weighted by molar-refractivity contribution is 0.0135. The van der Waals surface area contributed by atoms with E-state index in [1.165, 1.54) is 12.1 Å². The van der Waals surface area contributed by atoms with Gasteiger partial charge in [0.1, 0.15) is 11.6 Å². The topological polar surface area (TPSA) is 67.9 Å². The summed E-state index contributed by atoms with van der Waals surface area (Å²) in [5, 5.41) is -0.139. The van der Waals surface area contributed by atoms with E-state index < -0.39 is 15.8 Å². The van der Waals surface area contributed by atoms with E-state index in [0.29, 0.717) is 18.2 Å². The number of benzene rings is 2. The summed E-state index contributed by atoms with van der Waals surface area (Å²) in [5.41, 5.74) is 1.92. The highest BCUT2D eigenvalue weighted by atomic mass is 35.5. The second-order valence-electron chi connectivity index (χ2n) is 7.50. The summed E-state index contributed by atoms with van der Waals surface area (Å²) in [6.45, 7) is 3.21. The first-order valence-electron chi connectivity index (χ1n) is 9.87. The number of ether oxygens (including phenoxy) is 2. The van der Waals surface area contributed by atoms with E-state index >= 15 is 0 Å². The summed E-state index contributed by atoms with van der Waals surface area (Å²) in [7, 11) is -2.27. The van der Waals surface area contributed by atoms with Crippen LogP contribution in [-0.4, -0.2) is 52.8 Å². The average Bonchev–Trinajstić information content (AvgIpc) is 2.75. The van der Waals surface area contributed by atoms with Crippen LogP contribution < -0.4 is 9.46 Å². The van der Waals surface area contributed by atoms with Gasteiger partial charge in [0.25, 0.3) is 10.0 Å². The molecule has 1 saturated heterocycles. The average molecular weight is 455 g/mol. The third-order valence-corrected chi connectivity index (χ3v) is 7.51. The van der Waals surface area contributed by atoms with Gasteiger partial charge >= 0.3 is 0 Å². The van der Waals surface area contributed by atoms with Crippen molar-refractivity contribution in [3.05, 3.63) is 52.3 Å². The minimum Gasteiger partial charge on any atom is -0.496 e. The first-order valence-corrected chi connectivity index (χ1v) is 11.7. The van der Waals surface area contributed by atoms with Gasteiger partial charge in [0, 0.05) is 24.7 Å². The summed E-state index contributed by atoms with van der Waals surface area (Å²) in [5.74, 6) is 0.0994. The molecular weight excluding hydrogens is 431 g/mol. The lowest BCUT2D eigenvalue weighted by Gasteiger charge is -2.38. The number of fused-ring (bicyclic) bond motifs is 1. The molecule has 1 aliphatic carbocycles. The summed E-state index contributed by atoms with van der Waals surface area (Å²) in [6.07, 6.45) is 2.23. The first-order chi connectivity index (χ1) is 14.4. The highest BCUT2D eigenvalue weighted by Crippen LogP contribution is 2.36. The van der Waals surface area contributed by atoms with E-state index in [1.54, 1.807) is 19.2 Å². The summed E-state index contributed by atoms with van der Waals surface area (Å²) < 4.78 is 53.2. The van der Waals surface area contributed by atoms with Crippen molar-refractivity contribution in [1.29, 1.82) is 0 Å². The van der Waals surface area contributed by atoms with Gasteiger partial charge in [-0.2, -0.15) is 0 Å². The monoisotopic (exact) mass is 454 g/mol. The maximum absolute atomic E-state index is 13.4. The van der Waals surface area contributed by atoms with Crippen molar-refractivity contribution in [2.75, 3.05) is 38.1 Å². The molecule has 2 aliphatic rings. The van der Waals surface area contributed by atoms with E-state index in [-0.39, 0.29) is 15.6 Å². The Labute approximate surface area is 181 Å². The van der Waals surface area contributed by atoms with E-state index in [9.17, 15) is 12.8 Å². The van der Waals surface area contributed by atoms with Crippen LogP contribution in [-0.2, 0) is 27.6 Å². The highest BCUT2D eigenvalue weighted by molar-refractivity contribution is 7.92. The number of nitrogens with zero attached hydrogens (tertiary/aromatic N) is 1. The molecule has 1 unspecified atom stereocenters. The van der Waals surface area contributed by atoms with Gasteiger partial charge in [0.15, 0.2) is 0 Å². The number of rotatable bonds is 5. The Bertz CT molecular complexity index is 1040. The van der Waals surface area contributed by atoms with Gasteiger partial charge in [-0.25, -0.2) is 12.8 Å². The number of morpholine rings is 1. The Hall–Kier alpha value is -1.87. The number of hydrogen-bond donors (Lipinski definition) is 1. The zero-order valence-corrected chi connectivity index (χ0v) is 18.2.